The minimum Gasteiger partial charge on any atom is -0.265 e. The summed E-state index contributed by atoms with van der Waals surface area (Å²) in [5.74, 6) is 0. The minimum absolute atomic E-state index is 1.00. The molecule has 0 N–H and O–H groups in total. The van der Waals surface area contributed by atoms with Crippen molar-refractivity contribution < 1.29 is 0 Å². The van der Waals surface area contributed by atoms with Crippen LogP contribution in [0.15, 0.2) is 140 Å². The van der Waals surface area contributed by atoms with Gasteiger partial charge in [-0.15, -0.1) is 0 Å². The molecule has 7 aromatic rings. The highest BCUT2D eigenvalue weighted by molar-refractivity contribution is 6.20. The Hall–Kier alpha value is -5.15. The molecular weight excluding hydrogens is 462 g/mol. The van der Waals surface area contributed by atoms with Crippen molar-refractivity contribution in [2.75, 3.05) is 0 Å². The van der Waals surface area contributed by atoms with E-state index in [2.05, 4.69) is 101 Å². The van der Waals surface area contributed by atoms with Crippen LogP contribution in [0.2, 0.25) is 0 Å². The summed E-state index contributed by atoms with van der Waals surface area (Å²) >= 11 is 0. The molecule has 7 rings (SSSR count). The lowest BCUT2D eigenvalue weighted by Gasteiger charge is -2.18. The van der Waals surface area contributed by atoms with Gasteiger partial charge in [-0.2, -0.15) is 0 Å². The summed E-state index contributed by atoms with van der Waals surface area (Å²) in [5, 5.41) is 3.54. The number of hydrogen-bond acceptors (Lipinski definition) is 3. The van der Waals surface area contributed by atoms with Crippen LogP contribution in [0, 0.1) is 0 Å². The second-order valence-corrected chi connectivity index (χ2v) is 9.33. The van der Waals surface area contributed by atoms with Gasteiger partial charge in [0.25, 0.3) is 0 Å². The fraction of sp³-hybridized carbons (Fsp3) is 0. The number of nitrogens with zero attached hydrogens (tertiary/aromatic N) is 3. The molecule has 0 radical (unpaired) electrons. The smallest absolute Gasteiger partial charge is 0.0792 e. The van der Waals surface area contributed by atoms with Crippen molar-refractivity contribution in [3.63, 3.8) is 0 Å². The van der Waals surface area contributed by atoms with E-state index in [1.165, 1.54) is 27.5 Å². The lowest BCUT2D eigenvalue weighted by atomic mass is 9.87. The standard InChI is InChI=1S/C35H23N3/c1-2-11-31-30(10-1)33(28-8-3-6-26(22-28)24-13-18-36-19-14-24)32-12-5-17-38-35(32)34(31)29-9-4-7-27(23-29)25-15-20-37-21-16-25/h1-23H. The van der Waals surface area contributed by atoms with Gasteiger partial charge in [-0.1, -0.05) is 66.7 Å². The SMILES string of the molecule is c1cc(-c2ccncc2)cc(-c2c3ccccc3c(-c3cccc(-c4ccncc4)c3)c3ncccc23)c1. The third kappa shape index (κ3) is 3.82. The lowest BCUT2D eigenvalue weighted by Crippen LogP contribution is -1.93. The Bertz CT molecular complexity index is 1710. The van der Waals surface area contributed by atoms with E-state index in [1.54, 1.807) is 0 Å². The molecule has 3 heterocycles. The van der Waals surface area contributed by atoms with Gasteiger partial charge in [0.1, 0.15) is 0 Å². The van der Waals surface area contributed by atoms with Crippen LogP contribution in [0.4, 0.5) is 0 Å². The topological polar surface area (TPSA) is 38.7 Å². The zero-order chi connectivity index (χ0) is 25.3. The number of hydrogen-bond donors (Lipinski definition) is 0. The molecule has 0 amide bonds. The first-order valence-electron chi connectivity index (χ1n) is 12.7. The molecule has 0 aliphatic carbocycles. The molecule has 38 heavy (non-hydrogen) atoms. The molecule has 0 fully saturated rings. The van der Waals surface area contributed by atoms with Gasteiger partial charge in [0, 0.05) is 41.9 Å². The maximum atomic E-state index is 4.96. The van der Waals surface area contributed by atoms with Crippen molar-refractivity contribution in [2.24, 2.45) is 0 Å². The van der Waals surface area contributed by atoms with Crippen molar-refractivity contribution in [3.05, 3.63) is 140 Å². The summed E-state index contributed by atoms with van der Waals surface area (Å²) in [6.07, 6.45) is 9.24. The monoisotopic (exact) mass is 485 g/mol. The van der Waals surface area contributed by atoms with E-state index in [1.807, 2.05) is 49.2 Å². The molecule has 4 aromatic carbocycles. The molecule has 0 aliphatic heterocycles. The number of pyridine rings is 3. The van der Waals surface area contributed by atoms with Crippen LogP contribution in [0.25, 0.3) is 66.2 Å². The Balaban J connectivity index is 1.51. The van der Waals surface area contributed by atoms with Crippen LogP contribution in [-0.2, 0) is 0 Å². The van der Waals surface area contributed by atoms with E-state index in [-0.39, 0.29) is 0 Å². The van der Waals surface area contributed by atoms with Crippen molar-refractivity contribution in [2.45, 2.75) is 0 Å². The molecule has 178 valence electrons. The molecule has 0 aliphatic rings. The first-order valence-corrected chi connectivity index (χ1v) is 12.7. The zero-order valence-electron chi connectivity index (χ0n) is 20.6. The van der Waals surface area contributed by atoms with Crippen LogP contribution in [0.1, 0.15) is 0 Å². The van der Waals surface area contributed by atoms with E-state index in [0.717, 1.165) is 38.7 Å². The maximum absolute atomic E-state index is 4.96. The number of fused-ring (bicyclic) bond motifs is 2. The Morgan fingerprint density at radius 3 is 1.45 bits per heavy atom. The zero-order valence-corrected chi connectivity index (χ0v) is 20.6. The second kappa shape index (κ2) is 9.38. The van der Waals surface area contributed by atoms with Gasteiger partial charge >= 0.3 is 0 Å². The summed E-state index contributed by atoms with van der Waals surface area (Å²) in [6.45, 7) is 0. The average molecular weight is 486 g/mol. The van der Waals surface area contributed by atoms with Gasteiger partial charge < -0.3 is 0 Å². The van der Waals surface area contributed by atoms with Crippen LogP contribution < -0.4 is 0 Å². The molecule has 0 atom stereocenters. The Labute approximate surface area is 221 Å². The van der Waals surface area contributed by atoms with Crippen LogP contribution >= 0.6 is 0 Å². The van der Waals surface area contributed by atoms with Crippen molar-refractivity contribution in [1.29, 1.82) is 0 Å². The van der Waals surface area contributed by atoms with E-state index < -0.39 is 0 Å². The molecule has 0 saturated heterocycles. The predicted molar refractivity (Wildman–Crippen MR) is 157 cm³/mol. The van der Waals surface area contributed by atoms with Crippen molar-refractivity contribution >= 4 is 21.7 Å². The van der Waals surface area contributed by atoms with E-state index >= 15 is 0 Å². The first-order chi connectivity index (χ1) is 18.9. The average Bonchev–Trinajstić information content (AvgIpc) is 3.01. The van der Waals surface area contributed by atoms with Gasteiger partial charge in [0.2, 0.25) is 0 Å². The third-order valence-corrected chi connectivity index (χ3v) is 7.11. The Kier molecular flexibility index (Phi) is 5.45. The number of rotatable bonds is 4. The quantitative estimate of drug-likeness (QED) is 0.234. The second-order valence-electron chi connectivity index (χ2n) is 9.33. The normalized spacial score (nSPS) is 11.2. The van der Waals surface area contributed by atoms with Crippen molar-refractivity contribution in [3.8, 4) is 44.5 Å². The van der Waals surface area contributed by atoms with Gasteiger partial charge in [-0.25, -0.2) is 0 Å². The number of benzene rings is 4. The third-order valence-electron chi connectivity index (χ3n) is 7.11. The van der Waals surface area contributed by atoms with E-state index in [4.69, 9.17) is 4.98 Å². The lowest BCUT2D eigenvalue weighted by molar-refractivity contribution is 1.33. The molecule has 3 aromatic heterocycles. The highest BCUT2D eigenvalue weighted by atomic mass is 14.7. The molecule has 0 spiro atoms. The molecule has 0 bridgehead atoms. The summed E-state index contributed by atoms with van der Waals surface area (Å²) in [5.41, 5.74) is 10.3. The van der Waals surface area contributed by atoms with E-state index in [9.17, 15) is 0 Å². The predicted octanol–water partition coefficient (Wildman–Crippen LogP) is 8.85. The fourth-order valence-electron chi connectivity index (χ4n) is 5.40. The highest BCUT2D eigenvalue weighted by Gasteiger charge is 2.18. The maximum Gasteiger partial charge on any atom is 0.0792 e. The molecule has 3 heteroatoms. The fourth-order valence-corrected chi connectivity index (χ4v) is 5.40. The van der Waals surface area contributed by atoms with Crippen LogP contribution in [0.3, 0.4) is 0 Å². The van der Waals surface area contributed by atoms with Gasteiger partial charge in [-0.3, -0.25) is 15.0 Å². The summed E-state index contributed by atoms with van der Waals surface area (Å²) in [6, 6.07) is 38.6. The van der Waals surface area contributed by atoms with Crippen molar-refractivity contribution in [1.82, 2.24) is 15.0 Å². The van der Waals surface area contributed by atoms with Crippen LogP contribution in [0.5, 0.6) is 0 Å². The largest absolute Gasteiger partial charge is 0.265 e. The van der Waals surface area contributed by atoms with Gasteiger partial charge in [0.15, 0.2) is 0 Å². The molecule has 0 unspecified atom stereocenters. The van der Waals surface area contributed by atoms with Crippen LogP contribution in [-0.4, -0.2) is 15.0 Å². The summed E-state index contributed by atoms with van der Waals surface area (Å²) < 4.78 is 0. The van der Waals surface area contributed by atoms with Gasteiger partial charge in [0.05, 0.1) is 5.52 Å². The number of aromatic nitrogens is 3. The molecular formula is C35H23N3. The Morgan fingerprint density at radius 2 is 0.842 bits per heavy atom. The summed E-state index contributed by atoms with van der Waals surface area (Å²) in [4.78, 5) is 13.3. The summed E-state index contributed by atoms with van der Waals surface area (Å²) in [7, 11) is 0. The minimum atomic E-state index is 1.00. The highest BCUT2D eigenvalue weighted by Crippen LogP contribution is 2.43. The first kappa shape index (κ1) is 22.1. The molecule has 3 nitrogen and oxygen atoms in total. The van der Waals surface area contributed by atoms with Gasteiger partial charge in [-0.05, 0) is 92.2 Å². The molecule has 0 saturated carbocycles. The van der Waals surface area contributed by atoms with E-state index in [0.29, 0.717) is 0 Å². The Morgan fingerprint density at radius 1 is 0.342 bits per heavy atom.